The van der Waals surface area contributed by atoms with Crippen molar-refractivity contribution >= 4 is 16.9 Å². The number of H-pyrrole nitrogens is 1. The maximum Gasteiger partial charge on any atom is 0.267 e. The zero-order chi connectivity index (χ0) is 18.4. The molecule has 27 heavy (non-hydrogen) atoms. The molecular formula is C19H22N6O2. The predicted octanol–water partition coefficient (Wildman–Crippen LogP) is 1.75. The molecule has 5 rings (SSSR count). The highest BCUT2D eigenvalue weighted by atomic mass is 16.5. The molecule has 2 atom stereocenters. The van der Waals surface area contributed by atoms with Crippen LogP contribution in [0.15, 0.2) is 23.3 Å². The van der Waals surface area contributed by atoms with Crippen LogP contribution in [-0.4, -0.2) is 44.0 Å². The lowest BCUT2D eigenvalue weighted by Gasteiger charge is -2.23. The minimum absolute atomic E-state index is 0.0542. The quantitative estimate of drug-likeness (QED) is 0.733. The van der Waals surface area contributed by atoms with E-state index in [9.17, 15) is 4.79 Å². The number of anilines is 1. The molecule has 8 nitrogen and oxygen atoms in total. The zero-order valence-corrected chi connectivity index (χ0v) is 15.2. The summed E-state index contributed by atoms with van der Waals surface area (Å²) in [4.78, 5) is 24.7. The summed E-state index contributed by atoms with van der Waals surface area (Å²) in [6.45, 7) is 2.95. The van der Waals surface area contributed by atoms with Crippen molar-refractivity contribution in [3.05, 3.63) is 45.8 Å². The molecule has 0 amide bonds. The van der Waals surface area contributed by atoms with Gasteiger partial charge in [-0.15, -0.1) is 0 Å². The Morgan fingerprint density at radius 2 is 2.11 bits per heavy atom. The van der Waals surface area contributed by atoms with Gasteiger partial charge in [0.25, 0.3) is 5.56 Å². The summed E-state index contributed by atoms with van der Waals surface area (Å²) < 4.78 is 7.30. The maximum absolute atomic E-state index is 12.7. The largest absolute Gasteiger partial charge is 0.377 e. The number of fused-ring (bicyclic) bond motifs is 2. The molecule has 1 aliphatic heterocycles. The van der Waals surface area contributed by atoms with Gasteiger partial charge in [0.1, 0.15) is 17.9 Å². The van der Waals surface area contributed by atoms with Crippen LogP contribution < -0.4 is 10.9 Å². The van der Waals surface area contributed by atoms with Crippen LogP contribution >= 0.6 is 0 Å². The van der Waals surface area contributed by atoms with E-state index in [2.05, 4.69) is 20.3 Å². The number of nitrogens with one attached hydrogen (secondary N) is 2. The highest BCUT2D eigenvalue weighted by molar-refractivity contribution is 5.86. The first kappa shape index (κ1) is 16.4. The van der Waals surface area contributed by atoms with Crippen molar-refractivity contribution in [1.82, 2.24) is 24.7 Å². The summed E-state index contributed by atoms with van der Waals surface area (Å²) in [5.74, 6) is 0.722. The van der Waals surface area contributed by atoms with E-state index >= 15 is 0 Å². The standard InChI is InChI=1S/C19H22N6O2/c1-11-6-14-18(22-11)19(21-10-20-14)23-15-8-27-9-16(15)25-17(26)7-12-4-2-3-5-13(12)24-25/h6-7,10,15-16,22H,2-5,8-9H2,1H3,(H,20,21,23). The number of nitrogens with zero attached hydrogens (tertiary/aromatic N) is 4. The molecular weight excluding hydrogens is 344 g/mol. The summed E-state index contributed by atoms with van der Waals surface area (Å²) in [6.07, 6.45) is 5.70. The van der Waals surface area contributed by atoms with Crippen molar-refractivity contribution < 1.29 is 4.74 Å². The minimum Gasteiger partial charge on any atom is -0.377 e. The molecule has 8 heteroatoms. The second-order valence-corrected chi connectivity index (χ2v) is 7.40. The second-order valence-electron chi connectivity index (χ2n) is 7.40. The van der Waals surface area contributed by atoms with Gasteiger partial charge in [0.2, 0.25) is 0 Å². The topological polar surface area (TPSA) is 97.7 Å². The minimum atomic E-state index is -0.161. The van der Waals surface area contributed by atoms with Gasteiger partial charge in [0.05, 0.1) is 30.5 Å². The van der Waals surface area contributed by atoms with Crippen LogP contribution in [0, 0.1) is 6.92 Å². The van der Waals surface area contributed by atoms with E-state index in [1.165, 1.54) is 0 Å². The molecule has 1 aliphatic carbocycles. The van der Waals surface area contributed by atoms with Crippen LogP contribution in [0.5, 0.6) is 0 Å². The Morgan fingerprint density at radius 3 is 3.04 bits per heavy atom. The van der Waals surface area contributed by atoms with Crippen molar-refractivity contribution in [2.45, 2.75) is 44.7 Å². The lowest BCUT2D eigenvalue weighted by atomic mass is 9.97. The third-order valence-electron chi connectivity index (χ3n) is 5.47. The van der Waals surface area contributed by atoms with Crippen molar-refractivity contribution in [3.8, 4) is 0 Å². The number of aryl methyl sites for hydroxylation is 3. The van der Waals surface area contributed by atoms with Gasteiger partial charge in [-0.1, -0.05) is 0 Å². The number of aromatic amines is 1. The molecule has 0 aromatic carbocycles. The molecule has 3 aromatic heterocycles. The third-order valence-corrected chi connectivity index (χ3v) is 5.47. The summed E-state index contributed by atoms with van der Waals surface area (Å²) in [6, 6.07) is 3.50. The first-order chi connectivity index (χ1) is 13.2. The number of aromatic nitrogens is 5. The van der Waals surface area contributed by atoms with E-state index in [1.807, 2.05) is 13.0 Å². The Bertz CT molecular complexity index is 1060. The number of hydrogen-bond acceptors (Lipinski definition) is 6. The Hall–Kier alpha value is -2.74. The molecule has 0 saturated carbocycles. The van der Waals surface area contributed by atoms with Crippen molar-refractivity contribution in [3.63, 3.8) is 0 Å². The van der Waals surface area contributed by atoms with E-state index < -0.39 is 0 Å². The summed E-state index contributed by atoms with van der Waals surface area (Å²) in [7, 11) is 0. The number of rotatable bonds is 3. The molecule has 0 spiro atoms. The highest BCUT2D eigenvalue weighted by Gasteiger charge is 2.33. The fraction of sp³-hybridized carbons (Fsp3) is 0.474. The Labute approximate surface area is 156 Å². The van der Waals surface area contributed by atoms with Gasteiger partial charge in [-0.25, -0.2) is 14.6 Å². The summed E-state index contributed by atoms with van der Waals surface area (Å²) in [5.41, 5.74) is 4.86. The van der Waals surface area contributed by atoms with Crippen molar-refractivity contribution in [2.24, 2.45) is 0 Å². The SMILES string of the molecule is Cc1cc2ncnc(NC3COCC3n3nc4c(cc3=O)CCCC4)c2[nH]1. The average Bonchev–Trinajstić information content (AvgIpc) is 3.27. The monoisotopic (exact) mass is 366 g/mol. The molecule has 3 aromatic rings. The highest BCUT2D eigenvalue weighted by Crippen LogP contribution is 2.26. The average molecular weight is 366 g/mol. The molecule has 2 unspecified atom stereocenters. The third kappa shape index (κ3) is 2.90. The predicted molar refractivity (Wildman–Crippen MR) is 101 cm³/mol. The van der Waals surface area contributed by atoms with Gasteiger partial charge in [-0.2, -0.15) is 5.10 Å². The lowest BCUT2D eigenvalue weighted by Crippen LogP contribution is -2.38. The molecule has 1 saturated heterocycles. The molecule has 1 fully saturated rings. The Balaban J connectivity index is 1.48. The fourth-order valence-electron chi connectivity index (χ4n) is 4.09. The van der Waals surface area contributed by atoms with Crippen LogP contribution in [0.2, 0.25) is 0 Å². The molecule has 0 radical (unpaired) electrons. The molecule has 140 valence electrons. The van der Waals surface area contributed by atoms with E-state index in [0.29, 0.717) is 13.2 Å². The first-order valence-corrected chi connectivity index (χ1v) is 9.45. The van der Waals surface area contributed by atoms with E-state index in [1.54, 1.807) is 17.1 Å². The lowest BCUT2D eigenvalue weighted by molar-refractivity contribution is 0.182. The number of hydrogen-bond donors (Lipinski definition) is 2. The molecule has 2 N–H and O–H groups in total. The van der Waals surface area contributed by atoms with Gasteiger partial charge >= 0.3 is 0 Å². The Kier molecular flexibility index (Phi) is 3.93. The van der Waals surface area contributed by atoms with E-state index in [-0.39, 0.29) is 17.6 Å². The smallest absolute Gasteiger partial charge is 0.267 e. The Morgan fingerprint density at radius 1 is 1.22 bits per heavy atom. The van der Waals surface area contributed by atoms with E-state index in [4.69, 9.17) is 9.84 Å². The van der Waals surface area contributed by atoms with Crippen molar-refractivity contribution in [1.29, 1.82) is 0 Å². The van der Waals surface area contributed by atoms with Crippen LogP contribution in [0.25, 0.3) is 11.0 Å². The van der Waals surface area contributed by atoms with Gasteiger partial charge in [-0.3, -0.25) is 4.79 Å². The normalized spacial score (nSPS) is 22.1. The van der Waals surface area contributed by atoms with Gasteiger partial charge in [-0.05, 0) is 44.2 Å². The van der Waals surface area contributed by atoms with Crippen LogP contribution in [0.4, 0.5) is 5.82 Å². The summed E-state index contributed by atoms with van der Waals surface area (Å²) in [5, 5.41) is 8.14. The molecule has 4 heterocycles. The summed E-state index contributed by atoms with van der Waals surface area (Å²) >= 11 is 0. The maximum atomic E-state index is 12.7. The van der Waals surface area contributed by atoms with Crippen LogP contribution in [0.1, 0.15) is 35.8 Å². The first-order valence-electron chi connectivity index (χ1n) is 9.45. The van der Waals surface area contributed by atoms with Crippen LogP contribution in [0.3, 0.4) is 0 Å². The van der Waals surface area contributed by atoms with E-state index in [0.717, 1.165) is 59.5 Å². The van der Waals surface area contributed by atoms with Gasteiger partial charge in [0.15, 0.2) is 5.82 Å². The fourth-order valence-corrected chi connectivity index (χ4v) is 4.09. The molecule has 0 bridgehead atoms. The zero-order valence-electron chi connectivity index (χ0n) is 15.2. The van der Waals surface area contributed by atoms with Crippen molar-refractivity contribution in [2.75, 3.05) is 18.5 Å². The molecule has 2 aliphatic rings. The van der Waals surface area contributed by atoms with Gasteiger partial charge < -0.3 is 15.0 Å². The van der Waals surface area contributed by atoms with Crippen LogP contribution in [-0.2, 0) is 17.6 Å². The number of ether oxygens (including phenoxy) is 1. The van der Waals surface area contributed by atoms with Gasteiger partial charge in [0, 0.05) is 11.8 Å². The second kappa shape index (κ2) is 6.45.